The average molecular weight is 128 g/mol. The molecule has 0 spiro atoms. The molecule has 0 aliphatic carbocycles. The first-order chi connectivity index (χ1) is 4.00. The normalized spacial score (nSPS) is 11.6. The maximum atomic E-state index is 8.61. The lowest BCUT2D eigenvalue weighted by atomic mass is 9.83. The maximum absolute atomic E-state index is 8.61. The van der Waals surface area contributed by atoms with Crippen LogP contribution in [0.25, 0.3) is 0 Å². The summed E-state index contributed by atoms with van der Waals surface area (Å²) in [6, 6.07) is 0. The van der Waals surface area contributed by atoms with Crippen LogP contribution in [0.15, 0.2) is 12.2 Å². The molecule has 1 N–H and O–H groups in total. The lowest BCUT2D eigenvalue weighted by molar-refractivity contribution is 0.235. The van der Waals surface area contributed by atoms with Crippen LogP contribution in [0.2, 0.25) is 0 Å². The Kier molecular flexibility index (Phi) is 2.92. The summed E-state index contributed by atoms with van der Waals surface area (Å²) < 4.78 is 0. The van der Waals surface area contributed by atoms with Gasteiger partial charge in [-0.1, -0.05) is 26.0 Å². The summed E-state index contributed by atoms with van der Waals surface area (Å²) in [5.74, 6) is 0. The van der Waals surface area contributed by atoms with Gasteiger partial charge in [0.15, 0.2) is 0 Å². The number of hydrogen-bond acceptors (Lipinski definition) is 1. The zero-order valence-electron chi connectivity index (χ0n) is 6.57. The van der Waals surface area contributed by atoms with Crippen molar-refractivity contribution >= 4 is 0 Å². The lowest BCUT2D eigenvalue weighted by Crippen LogP contribution is -2.13. The van der Waals surface area contributed by atoms with Gasteiger partial charge in [-0.2, -0.15) is 0 Å². The second-order valence-electron chi connectivity index (χ2n) is 3.14. The summed E-state index contributed by atoms with van der Waals surface area (Å²) in [7, 11) is 0. The Balaban J connectivity index is 3.85. The van der Waals surface area contributed by atoms with Crippen molar-refractivity contribution in [1.82, 2.24) is 0 Å². The molecule has 0 amide bonds. The molecule has 0 aromatic rings. The predicted molar refractivity (Wildman–Crippen MR) is 40.3 cm³/mol. The highest BCUT2D eigenvalue weighted by Crippen LogP contribution is 2.27. The van der Waals surface area contributed by atoms with Gasteiger partial charge in [-0.05, 0) is 18.8 Å². The number of allylic oxidation sites excluding steroid dienone is 1. The van der Waals surface area contributed by atoms with Crippen LogP contribution in [-0.2, 0) is 0 Å². The summed E-state index contributed by atoms with van der Waals surface area (Å²) >= 11 is 0. The molecule has 0 unspecified atom stereocenters. The third-order valence-electron chi connectivity index (χ3n) is 1.89. The standard InChI is InChI=1S/C8H16O/c1-7(2)8(3,4)5-6-9/h9H,1,5-6H2,2-4H3. The Morgan fingerprint density at radius 3 is 2.11 bits per heavy atom. The van der Waals surface area contributed by atoms with E-state index in [0.29, 0.717) is 0 Å². The minimum Gasteiger partial charge on any atom is -0.396 e. The third-order valence-corrected chi connectivity index (χ3v) is 1.89. The van der Waals surface area contributed by atoms with E-state index in [1.54, 1.807) is 0 Å². The smallest absolute Gasteiger partial charge is 0.0439 e. The molecule has 0 bridgehead atoms. The van der Waals surface area contributed by atoms with Crippen molar-refractivity contribution in [2.24, 2.45) is 5.41 Å². The van der Waals surface area contributed by atoms with Crippen molar-refractivity contribution in [1.29, 1.82) is 0 Å². The summed E-state index contributed by atoms with van der Waals surface area (Å²) in [4.78, 5) is 0. The van der Waals surface area contributed by atoms with Crippen molar-refractivity contribution in [3.8, 4) is 0 Å². The highest BCUT2D eigenvalue weighted by Gasteiger charge is 2.16. The maximum Gasteiger partial charge on any atom is 0.0439 e. The van der Waals surface area contributed by atoms with Gasteiger partial charge in [0.25, 0.3) is 0 Å². The van der Waals surface area contributed by atoms with E-state index in [1.807, 2.05) is 6.92 Å². The van der Waals surface area contributed by atoms with E-state index < -0.39 is 0 Å². The Labute approximate surface area is 57.4 Å². The zero-order valence-corrected chi connectivity index (χ0v) is 6.57. The molecular weight excluding hydrogens is 112 g/mol. The fourth-order valence-corrected chi connectivity index (χ4v) is 0.493. The Morgan fingerprint density at radius 1 is 1.56 bits per heavy atom. The van der Waals surface area contributed by atoms with Crippen LogP contribution in [0.1, 0.15) is 27.2 Å². The first-order valence-corrected chi connectivity index (χ1v) is 3.27. The summed E-state index contributed by atoms with van der Waals surface area (Å²) in [5.41, 5.74) is 1.24. The molecule has 0 aliphatic rings. The van der Waals surface area contributed by atoms with Gasteiger partial charge in [0, 0.05) is 6.61 Å². The van der Waals surface area contributed by atoms with E-state index in [4.69, 9.17) is 5.11 Å². The van der Waals surface area contributed by atoms with Gasteiger partial charge < -0.3 is 5.11 Å². The van der Waals surface area contributed by atoms with Crippen LogP contribution in [-0.4, -0.2) is 11.7 Å². The molecular formula is C8H16O. The minimum atomic E-state index is 0.106. The fraction of sp³-hybridized carbons (Fsp3) is 0.750. The van der Waals surface area contributed by atoms with Gasteiger partial charge in [-0.3, -0.25) is 0 Å². The molecule has 0 atom stereocenters. The van der Waals surface area contributed by atoms with Crippen LogP contribution >= 0.6 is 0 Å². The van der Waals surface area contributed by atoms with E-state index >= 15 is 0 Å². The minimum absolute atomic E-state index is 0.106. The van der Waals surface area contributed by atoms with Crippen LogP contribution in [0, 0.1) is 5.41 Å². The largest absolute Gasteiger partial charge is 0.396 e. The summed E-state index contributed by atoms with van der Waals surface area (Å²) in [6.07, 6.45) is 0.808. The second kappa shape index (κ2) is 3.02. The van der Waals surface area contributed by atoms with E-state index in [-0.39, 0.29) is 12.0 Å². The monoisotopic (exact) mass is 128 g/mol. The molecule has 0 rings (SSSR count). The second-order valence-corrected chi connectivity index (χ2v) is 3.14. The van der Waals surface area contributed by atoms with Gasteiger partial charge in [0.05, 0.1) is 0 Å². The summed E-state index contributed by atoms with van der Waals surface area (Å²) in [6.45, 7) is 10.3. The molecule has 9 heavy (non-hydrogen) atoms. The van der Waals surface area contributed by atoms with Gasteiger partial charge >= 0.3 is 0 Å². The highest BCUT2D eigenvalue weighted by molar-refractivity contribution is 5.02. The fourth-order valence-electron chi connectivity index (χ4n) is 0.493. The van der Waals surface area contributed by atoms with Gasteiger partial charge in [0.1, 0.15) is 0 Å². The topological polar surface area (TPSA) is 20.2 Å². The van der Waals surface area contributed by atoms with Crippen LogP contribution in [0.5, 0.6) is 0 Å². The van der Waals surface area contributed by atoms with Gasteiger partial charge in [0.2, 0.25) is 0 Å². The first kappa shape index (κ1) is 8.70. The molecule has 0 saturated heterocycles. The highest BCUT2D eigenvalue weighted by atomic mass is 16.3. The van der Waals surface area contributed by atoms with E-state index in [1.165, 1.54) is 0 Å². The quantitative estimate of drug-likeness (QED) is 0.576. The SMILES string of the molecule is C=C(C)C(C)(C)CCO. The first-order valence-electron chi connectivity index (χ1n) is 3.27. The molecule has 0 aromatic carbocycles. The van der Waals surface area contributed by atoms with Crippen LogP contribution in [0.4, 0.5) is 0 Å². The zero-order chi connectivity index (χ0) is 7.49. The van der Waals surface area contributed by atoms with Gasteiger partial charge in [-0.25, -0.2) is 0 Å². The number of aliphatic hydroxyl groups is 1. The Bertz CT molecular complexity index is 103. The lowest BCUT2D eigenvalue weighted by Gasteiger charge is -2.23. The molecule has 1 heteroatoms. The molecule has 0 fully saturated rings. The van der Waals surface area contributed by atoms with Crippen LogP contribution in [0.3, 0.4) is 0 Å². The number of hydrogen-bond donors (Lipinski definition) is 1. The molecule has 0 saturated carbocycles. The predicted octanol–water partition coefficient (Wildman–Crippen LogP) is 1.97. The molecule has 0 aliphatic heterocycles. The number of aliphatic hydroxyl groups excluding tert-OH is 1. The van der Waals surface area contributed by atoms with Crippen LogP contribution < -0.4 is 0 Å². The average Bonchev–Trinajstić information content (AvgIpc) is 1.65. The molecule has 0 aromatic heterocycles. The van der Waals surface area contributed by atoms with Gasteiger partial charge in [-0.15, -0.1) is 0 Å². The van der Waals surface area contributed by atoms with E-state index in [9.17, 15) is 0 Å². The molecule has 0 heterocycles. The third kappa shape index (κ3) is 2.66. The Hall–Kier alpha value is -0.300. The molecule has 0 radical (unpaired) electrons. The van der Waals surface area contributed by atoms with Crippen molar-refractivity contribution < 1.29 is 5.11 Å². The Morgan fingerprint density at radius 2 is 2.00 bits per heavy atom. The molecule has 1 nitrogen and oxygen atoms in total. The van der Waals surface area contributed by atoms with E-state index in [0.717, 1.165) is 12.0 Å². The van der Waals surface area contributed by atoms with E-state index in [2.05, 4.69) is 20.4 Å². The van der Waals surface area contributed by atoms with Crippen molar-refractivity contribution in [2.45, 2.75) is 27.2 Å². The molecule has 54 valence electrons. The van der Waals surface area contributed by atoms with Crippen molar-refractivity contribution in [3.05, 3.63) is 12.2 Å². The summed E-state index contributed by atoms with van der Waals surface area (Å²) in [5, 5.41) is 8.61. The number of rotatable bonds is 3. The van der Waals surface area contributed by atoms with Crippen molar-refractivity contribution in [2.75, 3.05) is 6.61 Å². The van der Waals surface area contributed by atoms with Crippen molar-refractivity contribution in [3.63, 3.8) is 0 Å².